The van der Waals surface area contributed by atoms with Crippen molar-refractivity contribution in [1.82, 2.24) is 0 Å². The van der Waals surface area contributed by atoms with Gasteiger partial charge in [-0.3, -0.25) is 9.52 Å². The molecule has 1 aliphatic rings. The molecule has 0 spiro atoms. The van der Waals surface area contributed by atoms with Gasteiger partial charge < -0.3 is 9.64 Å². The fraction of sp³-hybridized carbons (Fsp3) is 0.278. The molecule has 28 heavy (non-hydrogen) atoms. The highest BCUT2D eigenvalue weighted by Crippen LogP contribution is 2.30. The summed E-state index contributed by atoms with van der Waals surface area (Å²) in [5.41, 5.74) is 1.69. The second kappa shape index (κ2) is 7.34. The minimum Gasteiger partial charge on any atom is -0.406 e. The smallest absolute Gasteiger partial charge is 0.406 e. The zero-order valence-electron chi connectivity index (χ0n) is 14.8. The lowest BCUT2D eigenvalue weighted by atomic mass is 10.1. The van der Waals surface area contributed by atoms with E-state index in [9.17, 15) is 26.4 Å². The molecular formula is C18H17F3N2O4S. The van der Waals surface area contributed by atoms with Gasteiger partial charge in [-0.15, -0.1) is 13.2 Å². The van der Waals surface area contributed by atoms with Crippen molar-refractivity contribution in [2.24, 2.45) is 0 Å². The number of nitrogens with zero attached hydrogens (tertiary/aromatic N) is 1. The Labute approximate surface area is 160 Å². The topological polar surface area (TPSA) is 75.7 Å². The third-order valence-corrected chi connectivity index (χ3v) is 5.59. The number of carbonyl (C=O) groups is 1. The monoisotopic (exact) mass is 414 g/mol. The lowest BCUT2D eigenvalue weighted by Crippen LogP contribution is -2.24. The molecule has 1 amide bonds. The molecule has 0 unspecified atom stereocenters. The lowest BCUT2D eigenvalue weighted by Gasteiger charge is -2.19. The van der Waals surface area contributed by atoms with Crippen LogP contribution in [0.2, 0.25) is 0 Å². The molecule has 150 valence electrons. The van der Waals surface area contributed by atoms with Crippen LogP contribution in [0.1, 0.15) is 18.4 Å². The van der Waals surface area contributed by atoms with E-state index in [1.165, 1.54) is 0 Å². The molecule has 1 saturated heterocycles. The van der Waals surface area contributed by atoms with Crippen molar-refractivity contribution in [2.75, 3.05) is 16.2 Å². The zero-order valence-corrected chi connectivity index (χ0v) is 15.6. The summed E-state index contributed by atoms with van der Waals surface area (Å²) in [6, 6.07) is 8.69. The summed E-state index contributed by atoms with van der Waals surface area (Å²) in [6.07, 6.45) is -3.67. The molecule has 1 N–H and O–H groups in total. The van der Waals surface area contributed by atoms with Crippen molar-refractivity contribution < 1.29 is 31.1 Å². The summed E-state index contributed by atoms with van der Waals surface area (Å²) in [5.74, 6) is -0.542. The van der Waals surface area contributed by atoms with Crippen LogP contribution in [0.5, 0.6) is 5.75 Å². The molecule has 1 fully saturated rings. The Kier molecular flexibility index (Phi) is 5.24. The number of hydrogen-bond acceptors (Lipinski definition) is 4. The molecule has 10 heteroatoms. The summed E-state index contributed by atoms with van der Waals surface area (Å²) < 4.78 is 67.8. The Morgan fingerprint density at radius 1 is 1.11 bits per heavy atom. The van der Waals surface area contributed by atoms with Gasteiger partial charge in [-0.25, -0.2) is 8.42 Å². The van der Waals surface area contributed by atoms with Crippen molar-refractivity contribution in [1.29, 1.82) is 0 Å². The fourth-order valence-electron chi connectivity index (χ4n) is 2.90. The van der Waals surface area contributed by atoms with Gasteiger partial charge in [-0.2, -0.15) is 0 Å². The number of carbonyl (C=O) groups excluding carboxylic acids is 1. The predicted octanol–water partition coefficient (Wildman–Crippen LogP) is 3.82. The van der Waals surface area contributed by atoms with Gasteiger partial charge in [-0.05, 0) is 55.3 Å². The number of anilines is 2. The molecule has 1 aliphatic heterocycles. The molecule has 0 radical (unpaired) electrons. The van der Waals surface area contributed by atoms with Gasteiger partial charge >= 0.3 is 6.36 Å². The minimum atomic E-state index is -4.86. The van der Waals surface area contributed by atoms with E-state index in [0.29, 0.717) is 18.7 Å². The number of amides is 1. The van der Waals surface area contributed by atoms with Gasteiger partial charge in [-0.1, -0.05) is 6.07 Å². The molecule has 0 aliphatic carbocycles. The summed E-state index contributed by atoms with van der Waals surface area (Å²) in [6.45, 7) is 2.38. The van der Waals surface area contributed by atoms with Gasteiger partial charge in [0.15, 0.2) is 0 Å². The third kappa shape index (κ3) is 4.56. The van der Waals surface area contributed by atoms with Gasteiger partial charge in [0.25, 0.3) is 10.0 Å². The lowest BCUT2D eigenvalue weighted by molar-refractivity contribution is -0.274. The molecule has 0 atom stereocenters. The minimum absolute atomic E-state index is 0.0247. The summed E-state index contributed by atoms with van der Waals surface area (Å²) in [7, 11) is -4.03. The van der Waals surface area contributed by atoms with E-state index in [0.717, 1.165) is 36.2 Å². The quantitative estimate of drug-likeness (QED) is 0.807. The first-order valence-electron chi connectivity index (χ1n) is 8.35. The van der Waals surface area contributed by atoms with Crippen molar-refractivity contribution in [2.45, 2.75) is 31.0 Å². The average molecular weight is 414 g/mol. The van der Waals surface area contributed by atoms with Crippen LogP contribution in [0.3, 0.4) is 0 Å². The van der Waals surface area contributed by atoms with Crippen molar-refractivity contribution >= 4 is 27.3 Å². The van der Waals surface area contributed by atoms with Crippen LogP contribution in [0.4, 0.5) is 24.5 Å². The number of benzene rings is 2. The van der Waals surface area contributed by atoms with E-state index in [2.05, 4.69) is 9.46 Å². The second-order valence-electron chi connectivity index (χ2n) is 6.27. The van der Waals surface area contributed by atoms with Crippen LogP contribution in [-0.2, 0) is 14.8 Å². The maximum atomic E-state index is 12.5. The number of hydrogen-bond donors (Lipinski definition) is 1. The molecule has 2 aromatic rings. The number of alkyl halides is 3. The largest absolute Gasteiger partial charge is 0.573 e. The fourth-order valence-corrected chi connectivity index (χ4v) is 3.95. The van der Waals surface area contributed by atoms with E-state index >= 15 is 0 Å². The SMILES string of the molecule is Cc1ccc(NS(=O)(=O)c2ccc(OC(F)(F)F)cc2)cc1N1CCCC1=O. The summed E-state index contributed by atoms with van der Waals surface area (Å²) >= 11 is 0. The van der Waals surface area contributed by atoms with Crippen LogP contribution >= 0.6 is 0 Å². The number of ether oxygens (including phenoxy) is 1. The van der Waals surface area contributed by atoms with Gasteiger partial charge in [0.2, 0.25) is 5.91 Å². The van der Waals surface area contributed by atoms with Crippen molar-refractivity contribution in [3.8, 4) is 5.75 Å². The van der Waals surface area contributed by atoms with E-state index in [-0.39, 0.29) is 16.5 Å². The molecule has 1 heterocycles. The highest BCUT2D eigenvalue weighted by atomic mass is 32.2. The standard InChI is InChI=1S/C18H17F3N2O4S/c1-12-4-5-13(11-16(12)23-10-2-3-17(23)24)22-28(25,26)15-8-6-14(7-9-15)27-18(19,20)21/h4-9,11,22H,2-3,10H2,1H3. The maximum absolute atomic E-state index is 12.5. The number of rotatable bonds is 5. The molecule has 3 rings (SSSR count). The maximum Gasteiger partial charge on any atom is 0.573 e. The van der Waals surface area contributed by atoms with Crippen LogP contribution in [0.15, 0.2) is 47.4 Å². The first-order valence-corrected chi connectivity index (χ1v) is 9.83. The van der Waals surface area contributed by atoms with E-state index in [1.807, 2.05) is 6.92 Å². The predicted molar refractivity (Wildman–Crippen MR) is 96.7 cm³/mol. The zero-order chi connectivity index (χ0) is 20.5. The number of sulfonamides is 1. The molecule has 0 saturated carbocycles. The van der Waals surface area contributed by atoms with Crippen LogP contribution in [-0.4, -0.2) is 27.2 Å². The highest BCUT2D eigenvalue weighted by Gasteiger charge is 2.31. The van der Waals surface area contributed by atoms with E-state index in [4.69, 9.17) is 0 Å². The first kappa shape index (κ1) is 20.0. The van der Waals surface area contributed by atoms with Crippen LogP contribution in [0, 0.1) is 6.92 Å². The Balaban J connectivity index is 1.81. The van der Waals surface area contributed by atoms with Gasteiger partial charge in [0, 0.05) is 18.7 Å². The summed E-state index contributed by atoms with van der Waals surface area (Å²) in [5, 5.41) is 0. The Bertz CT molecular complexity index is 989. The Morgan fingerprint density at radius 2 is 1.79 bits per heavy atom. The summed E-state index contributed by atoms with van der Waals surface area (Å²) in [4.78, 5) is 13.4. The number of aryl methyl sites for hydroxylation is 1. The second-order valence-corrected chi connectivity index (χ2v) is 7.96. The Morgan fingerprint density at radius 3 is 2.36 bits per heavy atom. The molecule has 0 bridgehead atoms. The molecule has 2 aromatic carbocycles. The van der Waals surface area contributed by atoms with Crippen LogP contribution in [0.25, 0.3) is 0 Å². The number of nitrogens with one attached hydrogen (secondary N) is 1. The van der Waals surface area contributed by atoms with Crippen LogP contribution < -0.4 is 14.4 Å². The molecule has 0 aromatic heterocycles. The number of halogens is 3. The van der Waals surface area contributed by atoms with Gasteiger partial charge in [0.05, 0.1) is 10.6 Å². The van der Waals surface area contributed by atoms with E-state index < -0.39 is 22.1 Å². The highest BCUT2D eigenvalue weighted by molar-refractivity contribution is 7.92. The molecular weight excluding hydrogens is 397 g/mol. The van der Waals surface area contributed by atoms with Crippen molar-refractivity contribution in [3.05, 3.63) is 48.0 Å². The van der Waals surface area contributed by atoms with E-state index in [1.54, 1.807) is 23.1 Å². The third-order valence-electron chi connectivity index (χ3n) is 4.19. The normalized spacial score (nSPS) is 15.0. The van der Waals surface area contributed by atoms with Crippen molar-refractivity contribution in [3.63, 3.8) is 0 Å². The molecule has 6 nitrogen and oxygen atoms in total. The Hall–Kier alpha value is -2.75. The van der Waals surface area contributed by atoms with Gasteiger partial charge in [0.1, 0.15) is 5.75 Å². The first-order chi connectivity index (χ1) is 13.0. The average Bonchev–Trinajstić information content (AvgIpc) is 3.01.